The quantitative estimate of drug-likeness (QED) is 0.821. The molecular formula is C16H30N2O. The highest BCUT2D eigenvalue weighted by molar-refractivity contribution is 5.85. The van der Waals surface area contributed by atoms with Crippen LogP contribution in [0.15, 0.2) is 0 Å². The Morgan fingerprint density at radius 1 is 1.26 bits per heavy atom. The minimum Gasteiger partial charge on any atom is -0.354 e. The molecule has 3 nitrogen and oxygen atoms in total. The highest BCUT2D eigenvalue weighted by Crippen LogP contribution is 2.30. The Morgan fingerprint density at radius 2 is 2.00 bits per heavy atom. The van der Waals surface area contributed by atoms with Gasteiger partial charge in [-0.1, -0.05) is 32.6 Å². The molecule has 0 radical (unpaired) electrons. The average molecular weight is 266 g/mol. The standard InChI is InChI=1S/C16H30N2O/c1-13-5-7-14(8-6-13)9-12-17-15(19)16(2)10-3-4-11-18-16/h13-14,18H,3-12H2,1-2H3,(H,17,19). The first-order valence-corrected chi connectivity index (χ1v) is 8.13. The second-order valence-electron chi connectivity index (χ2n) is 6.89. The van der Waals surface area contributed by atoms with Crippen molar-refractivity contribution in [1.82, 2.24) is 10.6 Å². The molecule has 1 saturated heterocycles. The second-order valence-corrected chi connectivity index (χ2v) is 6.89. The summed E-state index contributed by atoms with van der Waals surface area (Å²) in [5, 5.41) is 6.53. The maximum atomic E-state index is 12.2. The third-order valence-corrected chi connectivity index (χ3v) is 5.09. The van der Waals surface area contributed by atoms with Crippen LogP contribution in [0.1, 0.15) is 65.2 Å². The number of piperidine rings is 1. The number of hydrogen-bond acceptors (Lipinski definition) is 2. The van der Waals surface area contributed by atoms with Crippen LogP contribution in [0.2, 0.25) is 0 Å². The predicted octanol–water partition coefficient (Wildman–Crippen LogP) is 2.85. The van der Waals surface area contributed by atoms with E-state index in [1.54, 1.807) is 0 Å². The van der Waals surface area contributed by atoms with Crippen molar-refractivity contribution in [2.24, 2.45) is 11.8 Å². The van der Waals surface area contributed by atoms with Crippen molar-refractivity contribution in [3.8, 4) is 0 Å². The average Bonchev–Trinajstić information content (AvgIpc) is 2.42. The zero-order chi connectivity index (χ0) is 13.7. The van der Waals surface area contributed by atoms with Gasteiger partial charge in [0.25, 0.3) is 0 Å². The number of amides is 1. The van der Waals surface area contributed by atoms with Gasteiger partial charge < -0.3 is 10.6 Å². The van der Waals surface area contributed by atoms with Crippen molar-refractivity contribution in [3.63, 3.8) is 0 Å². The molecule has 1 saturated carbocycles. The largest absolute Gasteiger partial charge is 0.354 e. The summed E-state index contributed by atoms with van der Waals surface area (Å²) in [6, 6.07) is 0. The van der Waals surface area contributed by atoms with Crippen LogP contribution in [0.25, 0.3) is 0 Å². The van der Waals surface area contributed by atoms with E-state index in [4.69, 9.17) is 0 Å². The number of carbonyl (C=O) groups is 1. The van der Waals surface area contributed by atoms with Crippen molar-refractivity contribution >= 4 is 5.91 Å². The molecule has 1 aliphatic heterocycles. The first kappa shape index (κ1) is 14.8. The van der Waals surface area contributed by atoms with Crippen LogP contribution in [0.4, 0.5) is 0 Å². The fourth-order valence-corrected chi connectivity index (χ4v) is 3.45. The number of carbonyl (C=O) groups excluding carboxylic acids is 1. The molecule has 3 heteroatoms. The van der Waals surface area contributed by atoms with E-state index in [9.17, 15) is 4.79 Å². The zero-order valence-corrected chi connectivity index (χ0v) is 12.6. The molecule has 2 rings (SSSR count). The maximum absolute atomic E-state index is 12.2. The van der Waals surface area contributed by atoms with Gasteiger partial charge in [0.15, 0.2) is 0 Å². The van der Waals surface area contributed by atoms with Crippen molar-refractivity contribution < 1.29 is 4.79 Å². The number of nitrogens with one attached hydrogen (secondary N) is 2. The topological polar surface area (TPSA) is 41.1 Å². The molecule has 1 aliphatic carbocycles. The van der Waals surface area contributed by atoms with Crippen LogP contribution < -0.4 is 10.6 Å². The normalized spacial score (nSPS) is 35.9. The van der Waals surface area contributed by atoms with Gasteiger partial charge in [-0.2, -0.15) is 0 Å². The van der Waals surface area contributed by atoms with E-state index < -0.39 is 0 Å². The predicted molar refractivity (Wildman–Crippen MR) is 79.0 cm³/mol. The van der Waals surface area contributed by atoms with Crippen LogP contribution in [0.3, 0.4) is 0 Å². The fourth-order valence-electron chi connectivity index (χ4n) is 3.45. The summed E-state index contributed by atoms with van der Waals surface area (Å²) in [6.07, 6.45) is 9.95. The second kappa shape index (κ2) is 6.74. The summed E-state index contributed by atoms with van der Waals surface area (Å²) in [7, 11) is 0. The van der Waals surface area contributed by atoms with E-state index in [2.05, 4.69) is 17.6 Å². The lowest BCUT2D eigenvalue weighted by molar-refractivity contribution is -0.128. The van der Waals surface area contributed by atoms with Crippen LogP contribution in [-0.4, -0.2) is 24.5 Å². The molecule has 19 heavy (non-hydrogen) atoms. The Morgan fingerprint density at radius 3 is 2.63 bits per heavy atom. The van der Waals surface area contributed by atoms with E-state index in [0.717, 1.165) is 44.2 Å². The molecule has 0 aromatic rings. The molecule has 2 N–H and O–H groups in total. The smallest absolute Gasteiger partial charge is 0.240 e. The van der Waals surface area contributed by atoms with Gasteiger partial charge >= 0.3 is 0 Å². The summed E-state index contributed by atoms with van der Waals surface area (Å²) < 4.78 is 0. The lowest BCUT2D eigenvalue weighted by Gasteiger charge is -2.33. The van der Waals surface area contributed by atoms with Crippen LogP contribution in [0, 0.1) is 11.8 Å². The minimum absolute atomic E-state index is 0.205. The van der Waals surface area contributed by atoms with E-state index in [-0.39, 0.29) is 11.4 Å². The molecule has 0 aromatic carbocycles. The summed E-state index contributed by atoms with van der Waals surface area (Å²) >= 11 is 0. The third kappa shape index (κ3) is 4.20. The highest BCUT2D eigenvalue weighted by atomic mass is 16.2. The monoisotopic (exact) mass is 266 g/mol. The van der Waals surface area contributed by atoms with E-state index in [1.807, 2.05) is 6.92 Å². The SMILES string of the molecule is CC1CCC(CCNC(=O)C2(C)CCCCN2)CC1. The summed E-state index contributed by atoms with van der Waals surface area (Å²) in [5.74, 6) is 1.95. The van der Waals surface area contributed by atoms with Crippen LogP contribution in [-0.2, 0) is 4.79 Å². The van der Waals surface area contributed by atoms with Gasteiger partial charge in [0.05, 0.1) is 5.54 Å². The molecule has 0 spiro atoms. The first-order chi connectivity index (χ1) is 9.10. The van der Waals surface area contributed by atoms with Crippen LogP contribution in [0.5, 0.6) is 0 Å². The molecule has 0 aromatic heterocycles. The number of hydrogen-bond donors (Lipinski definition) is 2. The zero-order valence-electron chi connectivity index (χ0n) is 12.6. The lowest BCUT2D eigenvalue weighted by atomic mass is 9.81. The molecule has 0 bridgehead atoms. The minimum atomic E-state index is -0.320. The van der Waals surface area contributed by atoms with Gasteiger partial charge in [0.2, 0.25) is 5.91 Å². The molecular weight excluding hydrogens is 236 g/mol. The van der Waals surface area contributed by atoms with Gasteiger partial charge in [0.1, 0.15) is 0 Å². The Kier molecular flexibility index (Phi) is 5.26. The maximum Gasteiger partial charge on any atom is 0.240 e. The van der Waals surface area contributed by atoms with Crippen molar-refractivity contribution in [2.75, 3.05) is 13.1 Å². The van der Waals surface area contributed by atoms with Crippen molar-refractivity contribution in [1.29, 1.82) is 0 Å². The molecule has 1 amide bonds. The Hall–Kier alpha value is -0.570. The molecule has 1 heterocycles. The van der Waals surface area contributed by atoms with Gasteiger partial charge in [-0.15, -0.1) is 0 Å². The van der Waals surface area contributed by atoms with Crippen molar-refractivity contribution in [3.05, 3.63) is 0 Å². The summed E-state index contributed by atoms with van der Waals surface area (Å²) in [5.41, 5.74) is -0.320. The van der Waals surface area contributed by atoms with E-state index >= 15 is 0 Å². The first-order valence-electron chi connectivity index (χ1n) is 8.13. The molecule has 2 fully saturated rings. The number of rotatable bonds is 4. The van der Waals surface area contributed by atoms with Gasteiger partial charge in [-0.3, -0.25) is 4.79 Å². The van der Waals surface area contributed by atoms with E-state index in [1.165, 1.54) is 32.1 Å². The summed E-state index contributed by atoms with van der Waals surface area (Å²) in [4.78, 5) is 12.2. The lowest BCUT2D eigenvalue weighted by Crippen LogP contribution is -2.57. The Bertz CT molecular complexity index is 289. The van der Waals surface area contributed by atoms with Gasteiger partial charge in [-0.25, -0.2) is 0 Å². The van der Waals surface area contributed by atoms with Gasteiger partial charge in [0, 0.05) is 6.54 Å². The Balaban J connectivity index is 1.66. The third-order valence-electron chi connectivity index (χ3n) is 5.09. The fraction of sp³-hybridized carbons (Fsp3) is 0.938. The Labute approximate surface area is 117 Å². The molecule has 2 aliphatic rings. The van der Waals surface area contributed by atoms with E-state index in [0.29, 0.717) is 0 Å². The molecule has 110 valence electrons. The van der Waals surface area contributed by atoms with Crippen molar-refractivity contribution in [2.45, 2.75) is 70.8 Å². The molecule has 1 unspecified atom stereocenters. The molecule has 1 atom stereocenters. The highest BCUT2D eigenvalue weighted by Gasteiger charge is 2.33. The van der Waals surface area contributed by atoms with Gasteiger partial charge in [-0.05, 0) is 51.0 Å². The van der Waals surface area contributed by atoms with Crippen LogP contribution >= 0.6 is 0 Å². The summed E-state index contributed by atoms with van der Waals surface area (Å²) in [6.45, 7) is 6.23.